The number of esters is 2. The third kappa shape index (κ3) is 6.57. The number of carbonyl (C=O) groups excluding carboxylic acids is 2. The van der Waals surface area contributed by atoms with Crippen LogP contribution in [0.2, 0.25) is 0 Å². The van der Waals surface area contributed by atoms with Gasteiger partial charge in [0.15, 0.2) is 0 Å². The molecule has 4 nitrogen and oxygen atoms in total. The SMILES string of the molecule is C=CCc1ccc(CC(=O)OC(C)(C)C)cc1OC(=O)C(C)(C)C. The van der Waals surface area contributed by atoms with Crippen molar-refractivity contribution in [1.82, 2.24) is 0 Å². The van der Waals surface area contributed by atoms with Gasteiger partial charge in [-0.3, -0.25) is 9.59 Å². The molecule has 4 heteroatoms. The van der Waals surface area contributed by atoms with E-state index in [0.29, 0.717) is 12.2 Å². The summed E-state index contributed by atoms with van der Waals surface area (Å²) in [5.74, 6) is -0.162. The Hall–Kier alpha value is -2.10. The molecule has 0 amide bonds. The number of carbonyl (C=O) groups is 2. The summed E-state index contributed by atoms with van der Waals surface area (Å²) >= 11 is 0. The predicted octanol–water partition coefficient (Wildman–Crippen LogP) is 4.25. The van der Waals surface area contributed by atoms with Gasteiger partial charge in [0.2, 0.25) is 0 Å². The topological polar surface area (TPSA) is 52.6 Å². The highest BCUT2D eigenvalue weighted by molar-refractivity contribution is 5.78. The monoisotopic (exact) mass is 332 g/mol. The molecule has 0 aliphatic heterocycles. The lowest BCUT2D eigenvalue weighted by molar-refractivity contribution is -0.153. The van der Waals surface area contributed by atoms with Crippen molar-refractivity contribution in [2.45, 2.75) is 60.0 Å². The lowest BCUT2D eigenvalue weighted by atomic mass is 9.97. The van der Waals surface area contributed by atoms with Gasteiger partial charge in [-0.2, -0.15) is 0 Å². The molecule has 132 valence electrons. The van der Waals surface area contributed by atoms with E-state index in [2.05, 4.69) is 6.58 Å². The molecular weight excluding hydrogens is 304 g/mol. The normalized spacial score (nSPS) is 11.8. The molecule has 0 unspecified atom stereocenters. The molecule has 0 radical (unpaired) electrons. The Morgan fingerprint density at radius 1 is 1.12 bits per heavy atom. The zero-order chi connectivity index (χ0) is 18.5. The first kappa shape index (κ1) is 19.9. The summed E-state index contributed by atoms with van der Waals surface area (Å²) < 4.78 is 10.9. The maximum absolute atomic E-state index is 12.2. The predicted molar refractivity (Wildman–Crippen MR) is 95.0 cm³/mol. The standard InChI is InChI=1S/C20H28O4/c1-8-9-15-11-10-14(13-17(21)24-20(5,6)7)12-16(15)23-18(22)19(2,3)4/h8,10-12H,1,9,13H2,2-7H3. The molecule has 0 heterocycles. The number of rotatable bonds is 5. The van der Waals surface area contributed by atoms with Gasteiger partial charge in [0.1, 0.15) is 11.4 Å². The number of ether oxygens (including phenoxy) is 2. The largest absolute Gasteiger partial charge is 0.460 e. The van der Waals surface area contributed by atoms with E-state index in [9.17, 15) is 9.59 Å². The van der Waals surface area contributed by atoms with Crippen molar-refractivity contribution in [1.29, 1.82) is 0 Å². The van der Waals surface area contributed by atoms with Crippen LogP contribution in [0.15, 0.2) is 30.9 Å². The molecule has 0 fully saturated rings. The Bertz CT molecular complexity index is 616. The van der Waals surface area contributed by atoms with E-state index in [0.717, 1.165) is 11.1 Å². The van der Waals surface area contributed by atoms with E-state index in [1.54, 1.807) is 32.9 Å². The Morgan fingerprint density at radius 3 is 2.25 bits per heavy atom. The fourth-order valence-corrected chi connectivity index (χ4v) is 1.93. The Balaban J connectivity index is 3.01. The second kappa shape index (κ2) is 7.65. The van der Waals surface area contributed by atoms with Gasteiger partial charge in [-0.1, -0.05) is 18.2 Å². The van der Waals surface area contributed by atoms with Gasteiger partial charge in [-0.15, -0.1) is 6.58 Å². The third-order valence-corrected chi connectivity index (χ3v) is 3.08. The fraction of sp³-hybridized carbons (Fsp3) is 0.500. The van der Waals surface area contributed by atoms with Crippen LogP contribution >= 0.6 is 0 Å². The zero-order valence-corrected chi connectivity index (χ0v) is 15.6. The summed E-state index contributed by atoms with van der Waals surface area (Å²) in [5.41, 5.74) is 0.470. The lowest BCUT2D eigenvalue weighted by Gasteiger charge is -2.20. The average Bonchev–Trinajstić information content (AvgIpc) is 2.38. The molecule has 0 bridgehead atoms. The molecule has 1 aromatic carbocycles. The lowest BCUT2D eigenvalue weighted by Crippen LogP contribution is -2.26. The zero-order valence-electron chi connectivity index (χ0n) is 15.6. The molecule has 24 heavy (non-hydrogen) atoms. The highest BCUT2D eigenvalue weighted by atomic mass is 16.6. The minimum absolute atomic E-state index is 0.131. The number of allylic oxidation sites excluding steroid dienone is 1. The van der Waals surface area contributed by atoms with E-state index in [-0.39, 0.29) is 18.4 Å². The first-order valence-corrected chi connectivity index (χ1v) is 8.09. The molecule has 0 N–H and O–H groups in total. The summed E-state index contributed by atoms with van der Waals surface area (Å²) in [6, 6.07) is 5.43. The van der Waals surface area contributed by atoms with Gasteiger partial charge < -0.3 is 9.47 Å². The van der Waals surface area contributed by atoms with Crippen molar-refractivity contribution in [3.8, 4) is 5.75 Å². The molecule has 0 aromatic heterocycles. The molecule has 1 aromatic rings. The smallest absolute Gasteiger partial charge is 0.316 e. The van der Waals surface area contributed by atoms with Crippen LogP contribution in [0.4, 0.5) is 0 Å². The van der Waals surface area contributed by atoms with Crippen molar-refractivity contribution in [2.75, 3.05) is 0 Å². The highest BCUT2D eigenvalue weighted by Crippen LogP contribution is 2.26. The summed E-state index contributed by atoms with van der Waals surface area (Å²) in [6.07, 6.45) is 2.46. The molecule has 0 atom stereocenters. The number of hydrogen-bond acceptors (Lipinski definition) is 4. The van der Waals surface area contributed by atoms with E-state index in [1.807, 2.05) is 32.9 Å². The molecular formula is C20H28O4. The van der Waals surface area contributed by atoms with Gasteiger partial charge in [-0.05, 0) is 65.2 Å². The minimum Gasteiger partial charge on any atom is -0.460 e. The van der Waals surface area contributed by atoms with Crippen LogP contribution in [0.25, 0.3) is 0 Å². The van der Waals surface area contributed by atoms with Gasteiger partial charge in [-0.25, -0.2) is 0 Å². The van der Waals surface area contributed by atoms with Crippen LogP contribution in [0.3, 0.4) is 0 Å². The summed E-state index contributed by atoms with van der Waals surface area (Å²) in [4.78, 5) is 24.2. The Morgan fingerprint density at radius 2 is 1.75 bits per heavy atom. The van der Waals surface area contributed by atoms with Crippen molar-refractivity contribution < 1.29 is 19.1 Å². The van der Waals surface area contributed by atoms with Crippen molar-refractivity contribution in [2.24, 2.45) is 5.41 Å². The van der Waals surface area contributed by atoms with Crippen LogP contribution in [-0.4, -0.2) is 17.5 Å². The van der Waals surface area contributed by atoms with E-state index >= 15 is 0 Å². The molecule has 0 spiro atoms. The van der Waals surface area contributed by atoms with Crippen molar-refractivity contribution in [3.63, 3.8) is 0 Å². The summed E-state index contributed by atoms with van der Waals surface area (Å²) in [5, 5.41) is 0. The van der Waals surface area contributed by atoms with Gasteiger partial charge in [0.05, 0.1) is 11.8 Å². The van der Waals surface area contributed by atoms with Gasteiger partial charge in [0.25, 0.3) is 0 Å². The summed E-state index contributed by atoms with van der Waals surface area (Å²) in [7, 11) is 0. The fourth-order valence-electron chi connectivity index (χ4n) is 1.93. The summed E-state index contributed by atoms with van der Waals surface area (Å²) in [6.45, 7) is 14.6. The van der Waals surface area contributed by atoms with Crippen molar-refractivity contribution >= 4 is 11.9 Å². The van der Waals surface area contributed by atoms with Gasteiger partial charge >= 0.3 is 11.9 Å². The van der Waals surface area contributed by atoms with Crippen molar-refractivity contribution in [3.05, 3.63) is 42.0 Å². The first-order valence-electron chi connectivity index (χ1n) is 8.09. The van der Waals surface area contributed by atoms with E-state index in [1.165, 1.54) is 0 Å². The van der Waals surface area contributed by atoms with Crippen LogP contribution in [0.5, 0.6) is 5.75 Å². The Labute approximate surface area is 144 Å². The molecule has 0 saturated heterocycles. The average molecular weight is 332 g/mol. The third-order valence-electron chi connectivity index (χ3n) is 3.08. The second-order valence-corrected chi connectivity index (χ2v) is 7.84. The molecule has 0 aliphatic rings. The molecule has 0 saturated carbocycles. The quantitative estimate of drug-likeness (QED) is 0.459. The van der Waals surface area contributed by atoms with E-state index < -0.39 is 11.0 Å². The second-order valence-electron chi connectivity index (χ2n) is 7.84. The molecule has 1 rings (SSSR count). The van der Waals surface area contributed by atoms with Gasteiger partial charge in [0, 0.05) is 0 Å². The number of hydrogen-bond donors (Lipinski definition) is 0. The Kier molecular flexibility index (Phi) is 6.35. The number of benzene rings is 1. The van der Waals surface area contributed by atoms with E-state index in [4.69, 9.17) is 9.47 Å². The van der Waals surface area contributed by atoms with Crippen LogP contribution < -0.4 is 4.74 Å². The van der Waals surface area contributed by atoms with Crippen LogP contribution in [0.1, 0.15) is 52.7 Å². The maximum atomic E-state index is 12.2. The van der Waals surface area contributed by atoms with Crippen LogP contribution in [0, 0.1) is 5.41 Å². The maximum Gasteiger partial charge on any atom is 0.316 e. The minimum atomic E-state index is -0.605. The first-order chi connectivity index (χ1) is 10.9. The van der Waals surface area contributed by atoms with Crippen LogP contribution in [-0.2, 0) is 27.2 Å². The highest BCUT2D eigenvalue weighted by Gasteiger charge is 2.25. The molecule has 0 aliphatic carbocycles.